The predicted molar refractivity (Wildman–Crippen MR) is 63.4 cm³/mol. The zero-order chi connectivity index (χ0) is 12.8. The molecule has 0 aliphatic carbocycles. The molecule has 90 valence electrons. The Kier molecular flexibility index (Phi) is 4.46. The summed E-state index contributed by atoms with van der Waals surface area (Å²) in [6.07, 6.45) is 1.23. The van der Waals surface area contributed by atoms with Gasteiger partial charge in [-0.2, -0.15) is 0 Å². The third-order valence-corrected chi connectivity index (χ3v) is 2.26. The molecule has 1 aromatic carbocycles. The third kappa shape index (κ3) is 4.10. The van der Waals surface area contributed by atoms with Gasteiger partial charge in [0.15, 0.2) is 0 Å². The van der Waals surface area contributed by atoms with Gasteiger partial charge in [0.1, 0.15) is 0 Å². The highest BCUT2D eigenvalue weighted by Crippen LogP contribution is 2.12. The summed E-state index contributed by atoms with van der Waals surface area (Å²) in [4.78, 5) is 22.0. The fraction of sp³-hybridized carbons (Fsp3) is 0.231. The molecule has 0 saturated heterocycles. The average Bonchev–Trinajstić information content (AvgIpc) is 2.30. The van der Waals surface area contributed by atoms with Crippen molar-refractivity contribution in [2.24, 2.45) is 0 Å². The van der Waals surface area contributed by atoms with E-state index in [9.17, 15) is 9.59 Å². The number of methoxy groups -OCH3 is 1. The molecule has 1 aromatic rings. The monoisotopic (exact) mass is 234 g/mol. The summed E-state index contributed by atoms with van der Waals surface area (Å²) in [6.45, 7) is 1.94. The van der Waals surface area contributed by atoms with Crippen molar-refractivity contribution < 1.29 is 19.4 Å². The van der Waals surface area contributed by atoms with Gasteiger partial charge in [-0.3, -0.25) is 4.79 Å². The highest BCUT2D eigenvalue weighted by molar-refractivity contribution is 5.97. The molecule has 0 bridgehead atoms. The molecule has 0 aliphatic rings. The number of esters is 1. The van der Waals surface area contributed by atoms with E-state index in [0.717, 1.165) is 11.1 Å². The number of carbonyl (C=O) groups excluding carboxylic acids is 1. The van der Waals surface area contributed by atoms with E-state index in [2.05, 4.69) is 4.74 Å². The molecule has 1 N–H and O–H groups in total. The lowest BCUT2D eigenvalue weighted by atomic mass is 10.1. The summed E-state index contributed by atoms with van der Waals surface area (Å²) >= 11 is 0. The van der Waals surface area contributed by atoms with Gasteiger partial charge in [-0.05, 0) is 18.6 Å². The molecule has 0 fully saturated rings. The fourth-order valence-corrected chi connectivity index (χ4v) is 1.28. The zero-order valence-electron chi connectivity index (χ0n) is 9.77. The van der Waals surface area contributed by atoms with Gasteiger partial charge in [0, 0.05) is 5.57 Å². The summed E-state index contributed by atoms with van der Waals surface area (Å²) in [5.74, 6) is -1.68. The maximum Gasteiger partial charge on any atom is 0.332 e. The van der Waals surface area contributed by atoms with E-state index >= 15 is 0 Å². The molecule has 0 atom stereocenters. The molecule has 0 amide bonds. The van der Waals surface area contributed by atoms with Crippen LogP contribution in [0.2, 0.25) is 0 Å². The van der Waals surface area contributed by atoms with Gasteiger partial charge in [-0.15, -0.1) is 0 Å². The molecule has 0 aromatic heterocycles. The highest BCUT2D eigenvalue weighted by Gasteiger charge is 2.12. The van der Waals surface area contributed by atoms with Gasteiger partial charge in [0.25, 0.3) is 0 Å². The minimum atomic E-state index is -1.11. The fourth-order valence-electron chi connectivity index (χ4n) is 1.28. The first-order valence-corrected chi connectivity index (χ1v) is 5.10. The largest absolute Gasteiger partial charge is 0.478 e. The Bertz CT molecular complexity index is 443. The highest BCUT2D eigenvalue weighted by atomic mass is 16.5. The standard InChI is InChI=1S/C13H14O4/c1-9-3-5-10(6-4-9)7-11(13(15)16)8-12(14)17-2/h3-7H,8H2,1-2H3,(H,15,16)/b11-7-. The van der Waals surface area contributed by atoms with E-state index in [0.29, 0.717) is 0 Å². The van der Waals surface area contributed by atoms with Gasteiger partial charge in [0.2, 0.25) is 0 Å². The molecule has 4 heteroatoms. The van der Waals surface area contributed by atoms with E-state index in [1.165, 1.54) is 13.2 Å². The Morgan fingerprint density at radius 2 is 1.88 bits per heavy atom. The third-order valence-electron chi connectivity index (χ3n) is 2.26. The topological polar surface area (TPSA) is 63.6 Å². The molecule has 1 rings (SSSR count). The minimum absolute atomic E-state index is 0.0145. The smallest absolute Gasteiger partial charge is 0.332 e. The zero-order valence-corrected chi connectivity index (χ0v) is 9.77. The minimum Gasteiger partial charge on any atom is -0.478 e. The number of aryl methyl sites for hydroxylation is 1. The summed E-state index contributed by atoms with van der Waals surface area (Å²) in [7, 11) is 1.23. The summed E-state index contributed by atoms with van der Waals surface area (Å²) < 4.78 is 4.44. The number of carbonyl (C=O) groups is 2. The number of ether oxygens (including phenoxy) is 1. The normalized spacial score (nSPS) is 11.1. The Balaban J connectivity index is 2.94. The Hall–Kier alpha value is -2.10. The van der Waals surface area contributed by atoms with Gasteiger partial charge >= 0.3 is 11.9 Å². The SMILES string of the molecule is COC(=O)C/C(=C/c1ccc(C)cc1)C(=O)O. The van der Waals surface area contributed by atoms with Crippen molar-refractivity contribution in [1.82, 2.24) is 0 Å². The van der Waals surface area contributed by atoms with Gasteiger partial charge in [-0.1, -0.05) is 29.8 Å². The predicted octanol–water partition coefficient (Wildman–Crippen LogP) is 2.03. The number of carboxylic acid groups (broad SMARTS) is 1. The first kappa shape index (κ1) is 13.0. The van der Waals surface area contributed by atoms with Gasteiger partial charge in [-0.25, -0.2) is 4.79 Å². The molecular weight excluding hydrogens is 220 g/mol. The number of hydrogen-bond acceptors (Lipinski definition) is 3. The van der Waals surface area contributed by atoms with Crippen molar-refractivity contribution in [3.05, 3.63) is 41.0 Å². The molecule has 0 saturated carbocycles. The Labute approximate surface area is 99.5 Å². The van der Waals surface area contributed by atoms with E-state index in [-0.39, 0.29) is 12.0 Å². The van der Waals surface area contributed by atoms with E-state index < -0.39 is 11.9 Å². The first-order chi connectivity index (χ1) is 8.02. The summed E-state index contributed by atoms with van der Waals surface area (Å²) in [5.41, 5.74) is 1.85. The lowest BCUT2D eigenvalue weighted by Crippen LogP contribution is -2.08. The van der Waals surface area contributed by atoms with Crippen LogP contribution in [0.1, 0.15) is 17.5 Å². The van der Waals surface area contributed by atoms with Crippen molar-refractivity contribution in [3.63, 3.8) is 0 Å². The molecule has 17 heavy (non-hydrogen) atoms. The van der Waals surface area contributed by atoms with Crippen molar-refractivity contribution >= 4 is 18.0 Å². The van der Waals surface area contributed by atoms with E-state index in [1.807, 2.05) is 19.1 Å². The second kappa shape index (κ2) is 5.84. The first-order valence-electron chi connectivity index (χ1n) is 5.10. The molecule has 0 spiro atoms. The molecule has 0 radical (unpaired) electrons. The lowest BCUT2D eigenvalue weighted by Gasteiger charge is -2.02. The van der Waals surface area contributed by atoms with Crippen molar-refractivity contribution in [2.45, 2.75) is 13.3 Å². The van der Waals surface area contributed by atoms with Crippen LogP contribution in [0, 0.1) is 6.92 Å². The van der Waals surface area contributed by atoms with Crippen LogP contribution in [0.5, 0.6) is 0 Å². The van der Waals surface area contributed by atoms with Crippen LogP contribution < -0.4 is 0 Å². The Morgan fingerprint density at radius 3 is 2.35 bits per heavy atom. The molecule has 0 unspecified atom stereocenters. The second-order valence-corrected chi connectivity index (χ2v) is 3.64. The van der Waals surface area contributed by atoms with Crippen molar-refractivity contribution in [3.8, 4) is 0 Å². The van der Waals surface area contributed by atoms with E-state index in [4.69, 9.17) is 5.11 Å². The molecule has 0 aliphatic heterocycles. The summed E-state index contributed by atoms with van der Waals surface area (Å²) in [6, 6.07) is 7.36. The van der Waals surface area contributed by atoms with Crippen molar-refractivity contribution in [1.29, 1.82) is 0 Å². The van der Waals surface area contributed by atoms with Crippen LogP contribution in [-0.4, -0.2) is 24.2 Å². The van der Waals surface area contributed by atoms with Crippen LogP contribution in [-0.2, 0) is 14.3 Å². The maximum absolute atomic E-state index is 11.0. The number of benzene rings is 1. The van der Waals surface area contributed by atoms with Crippen molar-refractivity contribution in [2.75, 3.05) is 7.11 Å². The maximum atomic E-state index is 11.0. The van der Waals surface area contributed by atoms with Gasteiger partial charge < -0.3 is 9.84 Å². The average molecular weight is 234 g/mol. The number of rotatable bonds is 4. The Morgan fingerprint density at radius 1 is 1.29 bits per heavy atom. The molecular formula is C13H14O4. The van der Waals surface area contributed by atoms with Crippen LogP contribution in [0.25, 0.3) is 6.08 Å². The lowest BCUT2D eigenvalue weighted by molar-refractivity contribution is -0.142. The molecule has 4 nitrogen and oxygen atoms in total. The molecule has 0 heterocycles. The van der Waals surface area contributed by atoms with Crippen LogP contribution in [0.15, 0.2) is 29.8 Å². The van der Waals surface area contributed by atoms with E-state index in [1.54, 1.807) is 12.1 Å². The van der Waals surface area contributed by atoms with Crippen LogP contribution >= 0.6 is 0 Å². The van der Waals surface area contributed by atoms with Gasteiger partial charge in [0.05, 0.1) is 13.5 Å². The van der Waals surface area contributed by atoms with Crippen LogP contribution in [0.3, 0.4) is 0 Å². The number of aliphatic carboxylic acids is 1. The number of carboxylic acids is 1. The quantitative estimate of drug-likeness (QED) is 0.639. The number of hydrogen-bond donors (Lipinski definition) is 1. The second-order valence-electron chi connectivity index (χ2n) is 3.64. The van der Waals surface area contributed by atoms with Crippen LogP contribution in [0.4, 0.5) is 0 Å². The summed E-state index contributed by atoms with van der Waals surface area (Å²) in [5, 5.41) is 8.96.